The van der Waals surface area contributed by atoms with E-state index in [1.165, 1.54) is 23.5 Å². The third-order valence-corrected chi connectivity index (χ3v) is 9.33. The van der Waals surface area contributed by atoms with Gasteiger partial charge in [-0.3, -0.25) is 10.1 Å². The molecule has 206 valence electrons. The Balaban J connectivity index is 1.33. The van der Waals surface area contributed by atoms with Gasteiger partial charge < -0.3 is 19.6 Å². The van der Waals surface area contributed by atoms with E-state index in [9.17, 15) is 13.2 Å². The number of pyridine rings is 1. The fourth-order valence-electron chi connectivity index (χ4n) is 3.82. The Morgan fingerprint density at radius 2 is 2.00 bits per heavy atom. The lowest BCUT2D eigenvalue weighted by Crippen LogP contribution is -2.25. The molecule has 1 aliphatic carbocycles. The summed E-state index contributed by atoms with van der Waals surface area (Å²) in [6, 6.07) is 11.6. The Kier molecular flexibility index (Phi) is 8.50. The van der Waals surface area contributed by atoms with E-state index in [4.69, 9.17) is 14.3 Å². The van der Waals surface area contributed by atoms with Gasteiger partial charge >= 0.3 is 0 Å². The molecule has 2 aromatic heterocycles. The van der Waals surface area contributed by atoms with Crippen molar-refractivity contribution in [2.45, 2.75) is 35.5 Å². The second-order valence-corrected chi connectivity index (χ2v) is 12.4. The van der Waals surface area contributed by atoms with Gasteiger partial charge in [0.25, 0.3) is 5.91 Å². The number of carbonyl (C=O) groups excluding carboxylic acids is 1. The number of ether oxygens (including phenoxy) is 2. The Hall–Kier alpha value is -3.39. The standard InChI is InChI=1S/C26H29N5O6S2/c1-27-12-14-36-23-4-2-3-21(29-23)22-15-28-26(38-22)30-25(32)24(31-37-18-11-13-35-16-18)17-5-7-19(8-6-17)39(33,34)20-9-10-20/h2-8,15,18,20,27H,9-14,16H2,1H3,(H,28,30,32)/b31-24+/t18-/m1/s1. The number of sulfone groups is 1. The van der Waals surface area contributed by atoms with Crippen molar-refractivity contribution in [1.82, 2.24) is 15.3 Å². The van der Waals surface area contributed by atoms with Crippen LogP contribution in [0.2, 0.25) is 0 Å². The van der Waals surface area contributed by atoms with E-state index in [0.29, 0.717) is 67.9 Å². The largest absolute Gasteiger partial charge is 0.476 e. The molecule has 1 aliphatic heterocycles. The number of benzene rings is 1. The van der Waals surface area contributed by atoms with E-state index in [1.54, 1.807) is 24.4 Å². The lowest BCUT2D eigenvalue weighted by molar-refractivity contribution is -0.110. The summed E-state index contributed by atoms with van der Waals surface area (Å²) in [5.74, 6) is -0.0407. The van der Waals surface area contributed by atoms with Crippen LogP contribution in [0.5, 0.6) is 5.88 Å². The van der Waals surface area contributed by atoms with Crippen LogP contribution in [-0.2, 0) is 24.2 Å². The van der Waals surface area contributed by atoms with Crippen LogP contribution in [0.1, 0.15) is 24.8 Å². The van der Waals surface area contributed by atoms with Gasteiger partial charge in [0.1, 0.15) is 6.61 Å². The fourth-order valence-corrected chi connectivity index (χ4v) is 6.26. The summed E-state index contributed by atoms with van der Waals surface area (Å²) in [4.78, 5) is 28.7. The number of hydrogen-bond acceptors (Lipinski definition) is 11. The van der Waals surface area contributed by atoms with Gasteiger partial charge in [-0.2, -0.15) is 0 Å². The molecular weight excluding hydrogens is 542 g/mol. The molecule has 11 nitrogen and oxygen atoms in total. The average Bonchev–Trinajstić information content (AvgIpc) is 3.50. The molecule has 0 spiro atoms. The van der Waals surface area contributed by atoms with E-state index >= 15 is 0 Å². The first-order valence-electron chi connectivity index (χ1n) is 12.6. The lowest BCUT2D eigenvalue weighted by Gasteiger charge is -2.10. The van der Waals surface area contributed by atoms with Crippen LogP contribution in [0.3, 0.4) is 0 Å². The summed E-state index contributed by atoms with van der Waals surface area (Å²) in [7, 11) is -1.50. The molecule has 1 atom stereocenters. The van der Waals surface area contributed by atoms with E-state index in [-0.39, 0.29) is 22.0 Å². The zero-order chi connectivity index (χ0) is 27.2. The van der Waals surface area contributed by atoms with Crippen molar-refractivity contribution >= 4 is 37.9 Å². The minimum atomic E-state index is -3.35. The molecule has 2 fully saturated rings. The van der Waals surface area contributed by atoms with Crippen LogP contribution in [0.4, 0.5) is 5.13 Å². The van der Waals surface area contributed by atoms with Gasteiger partial charge in [-0.05, 0) is 38.1 Å². The number of rotatable bonds is 12. The zero-order valence-corrected chi connectivity index (χ0v) is 23.0. The highest BCUT2D eigenvalue weighted by atomic mass is 32.2. The van der Waals surface area contributed by atoms with Crippen molar-refractivity contribution in [3.05, 3.63) is 54.2 Å². The van der Waals surface area contributed by atoms with Crippen molar-refractivity contribution in [3.8, 4) is 16.5 Å². The van der Waals surface area contributed by atoms with Crippen LogP contribution >= 0.6 is 11.3 Å². The molecule has 2 N–H and O–H groups in total. The molecule has 0 unspecified atom stereocenters. The Morgan fingerprint density at radius 3 is 2.72 bits per heavy atom. The fraction of sp³-hybridized carbons (Fsp3) is 0.385. The van der Waals surface area contributed by atoms with Crippen LogP contribution in [0.25, 0.3) is 10.6 Å². The van der Waals surface area contributed by atoms with Gasteiger partial charge in [-0.25, -0.2) is 18.4 Å². The molecule has 5 rings (SSSR count). The number of nitrogens with one attached hydrogen (secondary N) is 2. The Labute approximate surface area is 230 Å². The molecule has 1 aromatic carbocycles. The Morgan fingerprint density at radius 1 is 1.18 bits per heavy atom. The van der Waals surface area contributed by atoms with Crippen LogP contribution < -0.4 is 15.4 Å². The molecule has 0 radical (unpaired) electrons. The summed E-state index contributed by atoms with van der Waals surface area (Å²) in [6.45, 7) is 2.13. The minimum absolute atomic E-state index is 0.00655. The van der Waals surface area contributed by atoms with Crippen LogP contribution in [0, 0.1) is 0 Å². The summed E-state index contributed by atoms with van der Waals surface area (Å²) in [6.07, 6.45) is 3.38. The predicted octanol–water partition coefficient (Wildman–Crippen LogP) is 2.89. The lowest BCUT2D eigenvalue weighted by atomic mass is 10.1. The molecule has 3 aromatic rings. The second kappa shape index (κ2) is 12.2. The highest BCUT2D eigenvalue weighted by Crippen LogP contribution is 2.33. The first-order valence-corrected chi connectivity index (χ1v) is 15.0. The summed E-state index contributed by atoms with van der Waals surface area (Å²) >= 11 is 1.25. The molecule has 0 bridgehead atoms. The highest BCUT2D eigenvalue weighted by Gasteiger charge is 2.36. The number of amides is 1. The van der Waals surface area contributed by atoms with Crippen molar-refractivity contribution in [1.29, 1.82) is 0 Å². The minimum Gasteiger partial charge on any atom is -0.476 e. The maximum atomic E-state index is 13.3. The van der Waals surface area contributed by atoms with E-state index < -0.39 is 15.7 Å². The maximum Gasteiger partial charge on any atom is 0.280 e. The molecule has 13 heteroatoms. The third-order valence-electron chi connectivity index (χ3n) is 6.12. The smallest absolute Gasteiger partial charge is 0.280 e. The van der Waals surface area contributed by atoms with Crippen molar-refractivity contribution in [2.75, 3.05) is 38.7 Å². The number of oxime groups is 1. The van der Waals surface area contributed by atoms with Crippen molar-refractivity contribution in [3.63, 3.8) is 0 Å². The van der Waals surface area contributed by atoms with Gasteiger partial charge in [0.05, 0.1) is 33.9 Å². The number of anilines is 1. The van der Waals surface area contributed by atoms with E-state index in [1.807, 2.05) is 19.2 Å². The topological polar surface area (TPSA) is 141 Å². The molecule has 1 saturated heterocycles. The summed E-state index contributed by atoms with van der Waals surface area (Å²) in [5, 5.41) is 9.96. The third kappa shape index (κ3) is 6.79. The zero-order valence-electron chi connectivity index (χ0n) is 21.3. The van der Waals surface area contributed by atoms with Crippen LogP contribution in [-0.4, -0.2) is 74.8 Å². The van der Waals surface area contributed by atoms with E-state index in [2.05, 4.69) is 25.8 Å². The molecule has 3 heterocycles. The molecule has 1 amide bonds. The molecule has 1 saturated carbocycles. The molecule has 39 heavy (non-hydrogen) atoms. The van der Waals surface area contributed by atoms with Gasteiger partial charge in [-0.1, -0.05) is 34.7 Å². The molecular formula is C26H29N5O6S2. The summed E-state index contributed by atoms with van der Waals surface area (Å²) < 4.78 is 36.1. The quantitative estimate of drug-likeness (QED) is 0.191. The first kappa shape index (κ1) is 27.2. The number of carbonyl (C=O) groups is 1. The number of thiazole rings is 1. The monoisotopic (exact) mass is 571 g/mol. The van der Waals surface area contributed by atoms with E-state index in [0.717, 1.165) is 4.88 Å². The number of hydrogen-bond donors (Lipinski definition) is 2. The van der Waals surface area contributed by atoms with Gasteiger partial charge in [-0.15, -0.1) is 0 Å². The van der Waals surface area contributed by atoms with Crippen molar-refractivity contribution < 1.29 is 27.5 Å². The van der Waals surface area contributed by atoms with Gasteiger partial charge in [0, 0.05) is 30.8 Å². The van der Waals surface area contributed by atoms with Gasteiger partial charge in [0.15, 0.2) is 26.8 Å². The average molecular weight is 572 g/mol. The normalized spacial score (nSPS) is 17.7. The number of likely N-dealkylation sites (N-methyl/N-ethyl adjacent to an activating group) is 1. The maximum absolute atomic E-state index is 13.3. The SMILES string of the molecule is CNCCOc1cccc(-c2cnc(NC(=O)/C(=N/O[C@@H]3CCOC3)c3ccc(S(=O)(=O)C4CC4)cc3)s2)n1. The van der Waals surface area contributed by atoms with Crippen LogP contribution in [0.15, 0.2) is 58.7 Å². The number of aromatic nitrogens is 2. The highest BCUT2D eigenvalue weighted by molar-refractivity contribution is 7.92. The first-order chi connectivity index (χ1) is 18.9. The van der Waals surface area contributed by atoms with Gasteiger partial charge in [0.2, 0.25) is 5.88 Å². The Bertz CT molecular complexity index is 1430. The molecule has 2 aliphatic rings. The van der Waals surface area contributed by atoms with Crippen molar-refractivity contribution in [2.24, 2.45) is 5.16 Å². The second-order valence-electron chi connectivity index (χ2n) is 9.10. The number of nitrogens with zero attached hydrogens (tertiary/aromatic N) is 3. The predicted molar refractivity (Wildman–Crippen MR) is 147 cm³/mol. The summed E-state index contributed by atoms with van der Waals surface area (Å²) in [5.41, 5.74) is 1.10.